The van der Waals surface area contributed by atoms with Crippen LogP contribution in [0.25, 0.3) is 0 Å². The van der Waals surface area contributed by atoms with Crippen LogP contribution in [0.4, 0.5) is 11.6 Å². The summed E-state index contributed by atoms with van der Waals surface area (Å²) in [6.45, 7) is 8.37. The topological polar surface area (TPSA) is 53.1 Å². The molecule has 1 saturated carbocycles. The highest BCUT2D eigenvalue weighted by molar-refractivity contribution is 5.47. The standard InChI is InChI=1S/C16H29N5/c1-5-9-17-15-10-16(20-14(6-2)19-15)18-11-12(3)21(4)13-7-8-13/h10,12-13H,5-9,11H2,1-4H3,(H2,17,18,19,20). The predicted octanol–water partition coefficient (Wildman–Crippen LogP) is 2.76. The molecular formula is C16H29N5. The highest BCUT2D eigenvalue weighted by Gasteiger charge is 2.28. The number of aryl methyl sites for hydroxylation is 1. The summed E-state index contributed by atoms with van der Waals surface area (Å²) in [7, 11) is 2.22. The van der Waals surface area contributed by atoms with Crippen LogP contribution < -0.4 is 10.6 Å². The van der Waals surface area contributed by atoms with Crippen molar-refractivity contribution in [2.24, 2.45) is 0 Å². The maximum absolute atomic E-state index is 4.57. The molecule has 0 radical (unpaired) electrons. The molecule has 2 rings (SSSR count). The van der Waals surface area contributed by atoms with E-state index in [-0.39, 0.29) is 0 Å². The van der Waals surface area contributed by atoms with Crippen LogP contribution in [0.1, 0.15) is 45.9 Å². The predicted molar refractivity (Wildman–Crippen MR) is 88.9 cm³/mol. The van der Waals surface area contributed by atoms with Gasteiger partial charge in [-0.05, 0) is 33.2 Å². The van der Waals surface area contributed by atoms with Crippen molar-refractivity contribution in [3.05, 3.63) is 11.9 Å². The van der Waals surface area contributed by atoms with Gasteiger partial charge in [-0.1, -0.05) is 13.8 Å². The van der Waals surface area contributed by atoms with Gasteiger partial charge in [0, 0.05) is 37.7 Å². The van der Waals surface area contributed by atoms with Crippen LogP contribution in [0.3, 0.4) is 0 Å². The molecule has 1 unspecified atom stereocenters. The first-order chi connectivity index (χ1) is 10.1. The molecule has 1 aliphatic carbocycles. The van der Waals surface area contributed by atoms with Crippen molar-refractivity contribution in [2.45, 2.75) is 58.5 Å². The smallest absolute Gasteiger partial charge is 0.132 e. The molecule has 0 spiro atoms. The van der Waals surface area contributed by atoms with Gasteiger partial charge < -0.3 is 10.6 Å². The van der Waals surface area contributed by atoms with Gasteiger partial charge in [0.15, 0.2) is 0 Å². The van der Waals surface area contributed by atoms with Crippen LogP contribution in [-0.4, -0.2) is 47.1 Å². The number of aromatic nitrogens is 2. The van der Waals surface area contributed by atoms with Crippen LogP contribution >= 0.6 is 0 Å². The maximum atomic E-state index is 4.57. The zero-order valence-electron chi connectivity index (χ0n) is 13.8. The Morgan fingerprint density at radius 2 is 1.90 bits per heavy atom. The van der Waals surface area contributed by atoms with E-state index in [0.717, 1.165) is 49.4 Å². The number of rotatable bonds is 9. The number of hydrogen-bond donors (Lipinski definition) is 2. The van der Waals surface area contributed by atoms with E-state index in [9.17, 15) is 0 Å². The monoisotopic (exact) mass is 291 g/mol. The first kappa shape index (κ1) is 16.0. The maximum Gasteiger partial charge on any atom is 0.132 e. The Hall–Kier alpha value is -1.36. The molecule has 1 atom stereocenters. The summed E-state index contributed by atoms with van der Waals surface area (Å²) in [5, 5.41) is 6.81. The zero-order chi connectivity index (χ0) is 15.2. The molecular weight excluding hydrogens is 262 g/mol. The first-order valence-electron chi connectivity index (χ1n) is 8.21. The zero-order valence-corrected chi connectivity index (χ0v) is 13.8. The molecule has 5 heteroatoms. The second-order valence-electron chi connectivity index (χ2n) is 5.96. The first-order valence-corrected chi connectivity index (χ1v) is 8.21. The van der Waals surface area contributed by atoms with Crippen LogP contribution in [0.2, 0.25) is 0 Å². The van der Waals surface area contributed by atoms with E-state index in [0.29, 0.717) is 6.04 Å². The van der Waals surface area contributed by atoms with Crippen molar-refractivity contribution >= 4 is 11.6 Å². The van der Waals surface area contributed by atoms with E-state index in [2.05, 4.69) is 53.3 Å². The van der Waals surface area contributed by atoms with E-state index in [1.807, 2.05) is 6.07 Å². The summed E-state index contributed by atoms with van der Waals surface area (Å²) in [4.78, 5) is 11.6. The molecule has 1 aliphatic rings. The minimum absolute atomic E-state index is 0.518. The quantitative estimate of drug-likeness (QED) is 0.733. The Morgan fingerprint density at radius 1 is 1.24 bits per heavy atom. The van der Waals surface area contributed by atoms with Gasteiger partial charge in [0.25, 0.3) is 0 Å². The number of nitrogens with zero attached hydrogens (tertiary/aromatic N) is 3. The second-order valence-corrected chi connectivity index (χ2v) is 5.96. The third-order valence-corrected chi connectivity index (χ3v) is 4.04. The molecule has 0 bridgehead atoms. The lowest BCUT2D eigenvalue weighted by molar-refractivity contribution is 0.257. The molecule has 0 aliphatic heterocycles. The molecule has 0 saturated heterocycles. The normalized spacial score (nSPS) is 16.0. The molecule has 2 N–H and O–H groups in total. The number of nitrogens with one attached hydrogen (secondary N) is 2. The van der Waals surface area contributed by atoms with E-state index < -0.39 is 0 Å². The van der Waals surface area contributed by atoms with Gasteiger partial charge in [-0.3, -0.25) is 4.90 Å². The molecule has 1 heterocycles. The summed E-state index contributed by atoms with van der Waals surface area (Å²) < 4.78 is 0. The second kappa shape index (κ2) is 7.59. The van der Waals surface area contributed by atoms with Crippen LogP contribution in [0.15, 0.2) is 6.07 Å². The number of anilines is 2. The third kappa shape index (κ3) is 4.84. The Labute approximate surface area is 128 Å². The molecule has 5 nitrogen and oxygen atoms in total. The highest BCUT2D eigenvalue weighted by atomic mass is 15.2. The average Bonchev–Trinajstić information content (AvgIpc) is 3.34. The van der Waals surface area contributed by atoms with Gasteiger partial charge in [-0.25, -0.2) is 9.97 Å². The minimum atomic E-state index is 0.518. The Kier molecular flexibility index (Phi) is 5.79. The number of likely N-dealkylation sites (N-methyl/N-ethyl adjacent to an activating group) is 1. The Balaban J connectivity index is 1.94. The average molecular weight is 291 g/mol. The lowest BCUT2D eigenvalue weighted by atomic mass is 10.3. The third-order valence-electron chi connectivity index (χ3n) is 4.04. The van der Waals surface area contributed by atoms with Crippen LogP contribution in [0, 0.1) is 0 Å². The van der Waals surface area contributed by atoms with Gasteiger partial charge >= 0.3 is 0 Å². The minimum Gasteiger partial charge on any atom is -0.370 e. The number of hydrogen-bond acceptors (Lipinski definition) is 5. The largest absolute Gasteiger partial charge is 0.370 e. The highest BCUT2D eigenvalue weighted by Crippen LogP contribution is 2.27. The van der Waals surface area contributed by atoms with Crippen molar-refractivity contribution in [3.63, 3.8) is 0 Å². The van der Waals surface area contributed by atoms with Crippen LogP contribution in [0.5, 0.6) is 0 Å². The summed E-state index contributed by atoms with van der Waals surface area (Å²) in [6.07, 6.45) is 4.64. The van der Waals surface area contributed by atoms with Crippen molar-refractivity contribution in [2.75, 3.05) is 30.8 Å². The molecule has 0 amide bonds. The Morgan fingerprint density at radius 3 is 2.48 bits per heavy atom. The SMILES string of the molecule is CCCNc1cc(NCC(C)N(C)C2CC2)nc(CC)n1. The van der Waals surface area contributed by atoms with Gasteiger partial charge in [0.05, 0.1) is 0 Å². The fourth-order valence-corrected chi connectivity index (χ4v) is 2.33. The molecule has 21 heavy (non-hydrogen) atoms. The van der Waals surface area contributed by atoms with E-state index >= 15 is 0 Å². The van der Waals surface area contributed by atoms with E-state index in [1.165, 1.54) is 12.8 Å². The van der Waals surface area contributed by atoms with Crippen molar-refractivity contribution in [3.8, 4) is 0 Å². The van der Waals surface area contributed by atoms with Gasteiger partial charge in [0.1, 0.15) is 17.5 Å². The van der Waals surface area contributed by atoms with Crippen molar-refractivity contribution < 1.29 is 0 Å². The summed E-state index contributed by atoms with van der Waals surface area (Å²) in [5.41, 5.74) is 0. The molecule has 1 aromatic heterocycles. The molecule has 1 fully saturated rings. The fraction of sp³-hybridized carbons (Fsp3) is 0.750. The molecule has 1 aromatic rings. The van der Waals surface area contributed by atoms with Crippen molar-refractivity contribution in [1.29, 1.82) is 0 Å². The van der Waals surface area contributed by atoms with E-state index in [4.69, 9.17) is 0 Å². The van der Waals surface area contributed by atoms with Crippen molar-refractivity contribution in [1.82, 2.24) is 14.9 Å². The molecule has 118 valence electrons. The molecule has 0 aromatic carbocycles. The lowest BCUT2D eigenvalue weighted by Crippen LogP contribution is -2.36. The van der Waals surface area contributed by atoms with Gasteiger partial charge in [-0.2, -0.15) is 0 Å². The lowest BCUT2D eigenvalue weighted by Gasteiger charge is -2.25. The fourth-order valence-electron chi connectivity index (χ4n) is 2.33. The van der Waals surface area contributed by atoms with E-state index in [1.54, 1.807) is 0 Å². The summed E-state index contributed by atoms with van der Waals surface area (Å²) in [6, 6.07) is 3.32. The summed E-state index contributed by atoms with van der Waals surface area (Å²) >= 11 is 0. The van der Waals surface area contributed by atoms with Gasteiger partial charge in [-0.15, -0.1) is 0 Å². The Bertz CT molecular complexity index is 444. The summed E-state index contributed by atoms with van der Waals surface area (Å²) in [5.74, 6) is 2.74. The van der Waals surface area contributed by atoms with Gasteiger partial charge in [0.2, 0.25) is 0 Å². The van der Waals surface area contributed by atoms with Crippen LogP contribution in [-0.2, 0) is 6.42 Å².